The second-order valence-electron chi connectivity index (χ2n) is 5.09. The molecule has 1 aromatic carbocycles. The lowest BCUT2D eigenvalue weighted by Gasteiger charge is -2.23. The molecule has 0 aliphatic heterocycles. The number of fused-ring (bicyclic) bond motifs is 1. The van der Waals surface area contributed by atoms with Crippen molar-refractivity contribution in [2.45, 2.75) is 25.2 Å². The fourth-order valence-electron chi connectivity index (χ4n) is 2.82. The van der Waals surface area contributed by atoms with Gasteiger partial charge >= 0.3 is 0 Å². The molecule has 0 amide bonds. The van der Waals surface area contributed by atoms with Crippen molar-refractivity contribution in [1.82, 2.24) is 4.98 Å². The van der Waals surface area contributed by atoms with E-state index in [1.807, 2.05) is 30.3 Å². The number of benzene rings is 1. The van der Waals surface area contributed by atoms with Crippen LogP contribution in [0, 0.1) is 0 Å². The van der Waals surface area contributed by atoms with Crippen molar-refractivity contribution in [3.63, 3.8) is 0 Å². The third-order valence-electron chi connectivity index (χ3n) is 3.89. The summed E-state index contributed by atoms with van der Waals surface area (Å²) in [6.45, 7) is 0. The number of aromatic nitrogens is 1. The zero-order chi connectivity index (χ0) is 13.9. The van der Waals surface area contributed by atoms with E-state index in [1.54, 1.807) is 13.3 Å². The Morgan fingerprint density at radius 3 is 2.80 bits per heavy atom. The number of nitrogens with zero attached hydrogens (tertiary/aromatic N) is 1. The molecule has 1 aliphatic carbocycles. The third-order valence-corrected chi connectivity index (χ3v) is 3.89. The number of hydrogen-bond donors (Lipinski definition) is 0. The second kappa shape index (κ2) is 5.45. The molecule has 0 radical (unpaired) electrons. The Bertz CT molecular complexity index is 619. The smallest absolute Gasteiger partial charge is 0.171 e. The molecule has 1 aromatic heterocycles. The van der Waals surface area contributed by atoms with E-state index < -0.39 is 0 Å². The fourth-order valence-corrected chi connectivity index (χ4v) is 2.82. The van der Waals surface area contributed by atoms with Gasteiger partial charge in [-0.3, -0.25) is 9.78 Å². The number of ether oxygens (including phenoxy) is 1. The normalized spacial score (nSPS) is 17.4. The van der Waals surface area contributed by atoms with Crippen LogP contribution >= 0.6 is 0 Å². The van der Waals surface area contributed by atoms with Crippen LogP contribution in [0.3, 0.4) is 0 Å². The van der Waals surface area contributed by atoms with Crippen molar-refractivity contribution in [1.29, 1.82) is 0 Å². The molecule has 1 unspecified atom stereocenters. The van der Waals surface area contributed by atoms with Gasteiger partial charge in [-0.2, -0.15) is 0 Å². The lowest BCUT2D eigenvalue weighted by molar-refractivity contribution is 0.0949. The Morgan fingerprint density at radius 2 is 2.05 bits per heavy atom. The minimum atomic E-state index is -0.103. The first-order valence-electron chi connectivity index (χ1n) is 6.91. The van der Waals surface area contributed by atoms with E-state index in [2.05, 4.69) is 11.1 Å². The average molecular weight is 267 g/mol. The Hall–Kier alpha value is -2.16. The molecule has 0 fully saturated rings. The first-order chi connectivity index (χ1) is 9.79. The largest absolute Gasteiger partial charge is 0.497 e. The van der Waals surface area contributed by atoms with Crippen LogP contribution in [-0.4, -0.2) is 17.9 Å². The summed E-state index contributed by atoms with van der Waals surface area (Å²) >= 11 is 0. The summed E-state index contributed by atoms with van der Waals surface area (Å²) in [7, 11) is 1.62. The van der Waals surface area contributed by atoms with Gasteiger partial charge in [0, 0.05) is 11.8 Å². The average Bonchev–Trinajstić information content (AvgIpc) is 2.54. The molecular weight excluding hydrogens is 250 g/mol. The predicted octanol–water partition coefficient (Wildman–Crippen LogP) is 3.39. The van der Waals surface area contributed by atoms with Crippen LogP contribution in [0.1, 0.15) is 40.4 Å². The van der Waals surface area contributed by atoms with Crippen LogP contribution in [0.4, 0.5) is 0 Å². The van der Waals surface area contributed by atoms with Gasteiger partial charge in [0.25, 0.3) is 0 Å². The molecule has 102 valence electrons. The van der Waals surface area contributed by atoms with Gasteiger partial charge in [-0.15, -0.1) is 0 Å². The summed E-state index contributed by atoms with van der Waals surface area (Å²) in [4.78, 5) is 17.1. The Kier molecular flexibility index (Phi) is 3.50. The van der Waals surface area contributed by atoms with E-state index in [9.17, 15) is 4.79 Å². The summed E-state index contributed by atoms with van der Waals surface area (Å²) in [6, 6.07) is 11.3. The first kappa shape index (κ1) is 12.9. The number of pyridine rings is 1. The van der Waals surface area contributed by atoms with E-state index >= 15 is 0 Å². The van der Waals surface area contributed by atoms with Gasteiger partial charge in [0.05, 0.1) is 18.7 Å². The summed E-state index contributed by atoms with van der Waals surface area (Å²) in [5.74, 6) is 0.823. The minimum absolute atomic E-state index is 0.103. The standard InChI is InChI=1S/C17H17NO2/c1-20-14-9-7-13(8-10-14)17(19)15-6-2-4-12-5-3-11-18-16(12)15/h3,5,7-11,15H,2,4,6H2,1H3. The molecular formula is C17H17NO2. The minimum Gasteiger partial charge on any atom is -0.497 e. The number of methoxy groups -OCH3 is 1. The predicted molar refractivity (Wildman–Crippen MR) is 77.2 cm³/mol. The quantitative estimate of drug-likeness (QED) is 0.800. The SMILES string of the molecule is COc1ccc(C(=O)C2CCCc3cccnc32)cc1. The molecule has 3 heteroatoms. The van der Waals surface area contributed by atoms with Gasteiger partial charge in [0.15, 0.2) is 5.78 Å². The number of ketones is 1. The van der Waals surface area contributed by atoms with Gasteiger partial charge in [-0.05, 0) is 55.2 Å². The molecule has 0 N–H and O–H groups in total. The molecule has 20 heavy (non-hydrogen) atoms. The summed E-state index contributed by atoms with van der Waals surface area (Å²) in [5.41, 5.74) is 2.90. The topological polar surface area (TPSA) is 39.2 Å². The van der Waals surface area contributed by atoms with Crippen molar-refractivity contribution in [2.24, 2.45) is 0 Å². The maximum absolute atomic E-state index is 12.7. The van der Waals surface area contributed by atoms with Crippen LogP contribution in [0.25, 0.3) is 0 Å². The van der Waals surface area contributed by atoms with Gasteiger partial charge < -0.3 is 4.74 Å². The van der Waals surface area contributed by atoms with Crippen LogP contribution in [-0.2, 0) is 6.42 Å². The maximum atomic E-state index is 12.7. The highest BCUT2D eigenvalue weighted by atomic mass is 16.5. The molecule has 0 spiro atoms. The third kappa shape index (κ3) is 2.31. The monoisotopic (exact) mass is 267 g/mol. The van der Waals surface area contributed by atoms with Crippen LogP contribution in [0.15, 0.2) is 42.6 Å². The Balaban J connectivity index is 1.91. The van der Waals surface area contributed by atoms with E-state index in [0.717, 1.165) is 36.3 Å². The number of Topliss-reactive ketones (excluding diaryl/α,β-unsaturated/α-hetero) is 1. The molecule has 1 aliphatic rings. The Morgan fingerprint density at radius 1 is 1.25 bits per heavy atom. The highest BCUT2D eigenvalue weighted by Crippen LogP contribution is 2.32. The van der Waals surface area contributed by atoms with Crippen molar-refractivity contribution in [2.75, 3.05) is 7.11 Å². The van der Waals surface area contributed by atoms with Gasteiger partial charge in [0.2, 0.25) is 0 Å². The molecule has 3 rings (SSSR count). The fraction of sp³-hybridized carbons (Fsp3) is 0.294. The lowest BCUT2D eigenvalue weighted by Crippen LogP contribution is -2.20. The summed E-state index contributed by atoms with van der Waals surface area (Å²) in [6.07, 6.45) is 4.73. The zero-order valence-electron chi connectivity index (χ0n) is 11.5. The van der Waals surface area contributed by atoms with E-state index in [4.69, 9.17) is 4.74 Å². The number of rotatable bonds is 3. The number of carbonyl (C=O) groups excluding carboxylic acids is 1. The molecule has 0 bridgehead atoms. The van der Waals surface area contributed by atoms with Crippen molar-refractivity contribution < 1.29 is 9.53 Å². The van der Waals surface area contributed by atoms with E-state index in [1.165, 1.54) is 5.56 Å². The molecule has 3 nitrogen and oxygen atoms in total. The first-order valence-corrected chi connectivity index (χ1v) is 6.91. The zero-order valence-corrected chi connectivity index (χ0v) is 11.5. The van der Waals surface area contributed by atoms with Gasteiger partial charge in [-0.25, -0.2) is 0 Å². The number of hydrogen-bond acceptors (Lipinski definition) is 3. The molecule has 1 atom stereocenters. The molecule has 0 saturated heterocycles. The Labute approximate surface area is 118 Å². The van der Waals surface area contributed by atoms with Crippen LogP contribution in [0.2, 0.25) is 0 Å². The van der Waals surface area contributed by atoms with E-state index in [0.29, 0.717) is 0 Å². The number of aryl methyl sites for hydroxylation is 1. The van der Waals surface area contributed by atoms with Gasteiger partial charge in [0.1, 0.15) is 5.75 Å². The summed E-state index contributed by atoms with van der Waals surface area (Å²) < 4.78 is 5.13. The summed E-state index contributed by atoms with van der Waals surface area (Å²) in [5, 5.41) is 0. The van der Waals surface area contributed by atoms with Crippen LogP contribution < -0.4 is 4.74 Å². The maximum Gasteiger partial charge on any atom is 0.171 e. The molecule has 0 saturated carbocycles. The highest BCUT2D eigenvalue weighted by molar-refractivity contribution is 6.01. The van der Waals surface area contributed by atoms with Crippen LogP contribution in [0.5, 0.6) is 5.75 Å². The van der Waals surface area contributed by atoms with Crippen molar-refractivity contribution >= 4 is 5.78 Å². The second-order valence-corrected chi connectivity index (χ2v) is 5.09. The lowest BCUT2D eigenvalue weighted by atomic mass is 9.82. The van der Waals surface area contributed by atoms with Crippen molar-refractivity contribution in [3.8, 4) is 5.75 Å². The van der Waals surface area contributed by atoms with Crippen molar-refractivity contribution in [3.05, 3.63) is 59.4 Å². The number of carbonyl (C=O) groups is 1. The molecule has 1 heterocycles. The van der Waals surface area contributed by atoms with E-state index in [-0.39, 0.29) is 11.7 Å². The molecule has 2 aromatic rings. The highest BCUT2D eigenvalue weighted by Gasteiger charge is 2.28. The van der Waals surface area contributed by atoms with Gasteiger partial charge in [-0.1, -0.05) is 6.07 Å².